The monoisotopic (exact) mass is 300 g/mol. The van der Waals surface area contributed by atoms with Gasteiger partial charge in [0.1, 0.15) is 5.58 Å². The maximum Gasteiger partial charge on any atom is 0.289 e. The van der Waals surface area contributed by atoms with Crippen molar-refractivity contribution in [3.8, 4) is 0 Å². The molecule has 2 N–H and O–H groups in total. The Morgan fingerprint density at radius 2 is 2.05 bits per heavy atom. The fraction of sp³-hybridized carbons (Fsp3) is 0.500. The highest BCUT2D eigenvalue weighted by Crippen LogP contribution is 2.26. The van der Waals surface area contributed by atoms with Crippen LogP contribution in [0, 0.1) is 19.8 Å². The number of hydrogen-bond acceptors (Lipinski definition) is 3. The van der Waals surface area contributed by atoms with Gasteiger partial charge in [-0.15, -0.1) is 0 Å². The van der Waals surface area contributed by atoms with E-state index in [-0.39, 0.29) is 11.9 Å². The largest absolute Gasteiger partial charge is 0.451 e. The van der Waals surface area contributed by atoms with Crippen LogP contribution < -0.4 is 5.73 Å². The van der Waals surface area contributed by atoms with E-state index >= 15 is 0 Å². The molecule has 0 radical (unpaired) electrons. The Hall–Kier alpha value is -1.81. The number of piperidine rings is 1. The van der Waals surface area contributed by atoms with Gasteiger partial charge < -0.3 is 15.1 Å². The van der Waals surface area contributed by atoms with Crippen molar-refractivity contribution in [3.63, 3.8) is 0 Å². The van der Waals surface area contributed by atoms with Crippen molar-refractivity contribution in [2.75, 3.05) is 13.1 Å². The highest BCUT2D eigenvalue weighted by molar-refractivity contribution is 5.96. The van der Waals surface area contributed by atoms with Crippen LogP contribution in [0.2, 0.25) is 0 Å². The van der Waals surface area contributed by atoms with Crippen LogP contribution in [0.1, 0.15) is 41.4 Å². The van der Waals surface area contributed by atoms with Gasteiger partial charge in [0.15, 0.2) is 5.76 Å². The van der Waals surface area contributed by atoms with E-state index in [0.29, 0.717) is 11.7 Å². The smallest absolute Gasteiger partial charge is 0.289 e. The minimum absolute atomic E-state index is 0.0168. The zero-order chi connectivity index (χ0) is 15.9. The SMILES string of the molecule is Cc1cc2cc(C(=O)N3CCC[C@@H]([C@H](C)N)C3)oc2cc1C. The van der Waals surface area contributed by atoms with Crippen molar-refractivity contribution in [3.05, 3.63) is 35.1 Å². The number of amides is 1. The lowest BCUT2D eigenvalue weighted by atomic mass is 9.92. The lowest BCUT2D eigenvalue weighted by Gasteiger charge is -2.34. The second kappa shape index (κ2) is 5.76. The molecule has 0 aliphatic carbocycles. The first-order chi connectivity index (χ1) is 10.5. The Balaban J connectivity index is 1.85. The summed E-state index contributed by atoms with van der Waals surface area (Å²) in [4.78, 5) is 14.6. The molecule has 3 rings (SSSR count). The molecule has 1 fully saturated rings. The third kappa shape index (κ3) is 2.75. The van der Waals surface area contributed by atoms with E-state index in [4.69, 9.17) is 10.2 Å². The molecule has 0 bridgehead atoms. The van der Waals surface area contributed by atoms with Crippen molar-refractivity contribution in [1.82, 2.24) is 4.90 Å². The predicted molar refractivity (Wildman–Crippen MR) is 88.0 cm³/mol. The molecule has 4 nitrogen and oxygen atoms in total. The van der Waals surface area contributed by atoms with Crippen molar-refractivity contribution >= 4 is 16.9 Å². The van der Waals surface area contributed by atoms with Crippen LogP contribution in [-0.2, 0) is 0 Å². The van der Waals surface area contributed by atoms with Crippen LogP contribution in [0.15, 0.2) is 22.6 Å². The molecule has 0 saturated carbocycles. The van der Waals surface area contributed by atoms with Crippen LogP contribution in [-0.4, -0.2) is 29.9 Å². The lowest BCUT2D eigenvalue weighted by molar-refractivity contribution is 0.0631. The molecular weight excluding hydrogens is 276 g/mol. The molecule has 22 heavy (non-hydrogen) atoms. The molecule has 1 amide bonds. The summed E-state index contributed by atoms with van der Waals surface area (Å²) in [5.41, 5.74) is 9.17. The van der Waals surface area contributed by atoms with E-state index in [1.807, 2.05) is 24.0 Å². The first-order valence-electron chi connectivity index (χ1n) is 8.01. The van der Waals surface area contributed by atoms with Gasteiger partial charge in [-0.05, 0) is 68.9 Å². The number of rotatable bonds is 2. The fourth-order valence-corrected chi connectivity index (χ4v) is 3.19. The molecule has 1 aromatic carbocycles. The van der Waals surface area contributed by atoms with Crippen molar-refractivity contribution in [2.45, 2.75) is 39.7 Å². The quantitative estimate of drug-likeness (QED) is 0.926. The Labute approximate surface area is 131 Å². The van der Waals surface area contributed by atoms with Gasteiger partial charge in [-0.2, -0.15) is 0 Å². The molecule has 1 aliphatic heterocycles. The minimum Gasteiger partial charge on any atom is -0.451 e. The number of benzene rings is 1. The van der Waals surface area contributed by atoms with Gasteiger partial charge in [-0.25, -0.2) is 0 Å². The van der Waals surface area contributed by atoms with Crippen LogP contribution >= 0.6 is 0 Å². The molecular formula is C18H24N2O2. The third-order valence-corrected chi connectivity index (χ3v) is 4.83. The standard InChI is InChI=1S/C18H24N2O2/c1-11-7-15-9-17(22-16(15)8-12(11)2)18(21)20-6-4-5-14(10-20)13(3)19/h7-9,13-14H,4-6,10,19H2,1-3H3/t13-,14+/m0/s1. The summed E-state index contributed by atoms with van der Waals surface area (Å²) in [6.07, 6.45) is 2.11. The van der Waals surface area contributed by atoms with E-state index < -0.39 is 0 Å². The molecule has 1 aromatic heterocycles. The van der Waals surface area contributed by atoms with Gasteiger partial charge in [-0.1, -0.05) is 0 Å². The van der Waals surface area contributed by atoms with Crippen molar-refractivity contribution < 1.29 is 9.21 Å². The summed E-state index contributed by atoms with van der Waals surface area (Å²) in [5, 5.41) is 0.993. The van der Waals surface area contributed by atoms with Gasteiger partial charge in [0, 0.05) is 24.5 Å². The summed E-state index contributed by atoms with van der Waals surface area (Å²) in [7, 11) is 0. The lowest BCUT2D eigenvalue weighted by Crippen LogP contribution is -2.44. The first-order valence-corrected chi connectivity index (χ1v) is 8.01. The molecule has 4 heteroatoms. The van der Waals surface area contributed by atoms with Crippen molar-refractivity contribution in [2.24, 2.45) is 11.7 Å². The van der Waals surface area contributed by atoms with Gasteiger partial charge in [0.2, 0.25) is 0 Å². The minimum atomic E-state index is -0.0168. The van der Waals surface area contributed by atoms with Gasteiger partial charge >= 0.3 is 0 Å². The van der Waals surface area contributed by atoms with Crippen LogP contribution in [0.3, 0.4) is 0 Å². The summed E-state index contributed by atoms with van der Waals surface area (Å²) < 4.78 is 5.79. The molecule has 0 unspecified atom stereocenters. The number of carbonyl (C=O) groups excluding carboxylic acids is 1. The van der Waals surface area contributed by atoms with Crippen LogP contribution in [0.25, 0.3) is 11.0 Å². The normalized spacial score (nSPS) is 20.4. The highest BCUT2D eigenvalue weighted by atomic mass is 16.3. The average molecular weight is 300 g/mol. The number of fused-ring (bicyclic) bond motifs is 1. The second-order valence-electron chi connectivity index (χ2n) is 6.60. The third-order valence-electron chi connectivity index (χ3n) is 4.83. The molecule has 118 valence electrons. The van der Waals surface area contributed by atoms with Crippen molar-refractivity contribution in [1.29, 1.82) is 0 Å². The number of aryl methyl sites for hydroxylation is 2. The average Bonchev–Trinajstić information content (AvgIpc) is 2.89. The van der Waals surface area contributed by atoms with Crippen LogP contribution in [0.4, 0.5) is 0 Å². The molecule has 1 aliphatic rings. The summed E-state index contributed by atoms with van der Waals surface area (Å²) in [6, 6.07) is 6.06. The molecule has 1 saturated heterocycles. The number of likely N-dealkylation sites (tertiary alicyclic amines) is 1. The maximum absolute atomic E-state index is 12.7. The molecule has 2 atom stereocenters. The topological polar surface area (TPSA) is 59.5 Å². The number of hydrogen-bond donors (Lipinski definition) is 1. The zero-order valence-corrected chi connectivity index (χ0v) is 13.6. The summed E-state index contributed by atoms with van der Waals surface area (Å²) in [6.45, 7) is 7.66. The maximum atomic E-state index is 12.7. The zero-order valence-electron chi connectivity index (χ0n) is 13.6. The van der Waals surface area contributed by atoms with Gasteiger partial charge in [-0.3, -0.25) is 4.79 Å². The van der Waals surface area contributed by atoms with Gasteiger partial charge in [0.25, 0.3) is 5.91 Å². The number of furan rings is 1. The van der Waals surface area contributed by atoms with E-state index in [9.17, 15) is 4.79 Å². The Morgan fingerprint density at radius 3 is 2.77 bits per heavy atom. The second-order valence-corrected chi connectivity index (χ2v) is 6.60. The highest BCUT2D eigenvalue weighted by Gasteiger charge is 2.28. The van der Waals surface area contributed by atoms with E-state index in [0.717, 1.165) is 36.9 Å². The molecule has 2 heterocycles. The Morgan fingerprint density at radius 1 is 1.32 bits per heavy atom. The summed E-state index contributed by atoms with van der Waals surface area (Å²) in [5.74, 6) is 0.800. The molecule has 0 spiro atoms. The molecule has 2 aromatic rings. The number of nitrogens with two attached hydrogens (primary N) is 1. The Bertz CT molecular complexity index is 663. The fourth-order valence-electron chi connectivity index (χ4n) is 3.19. The number of nitrogens with zero attached hydrogens (tertiary/aromatic N) is 1. The Kier molecular flexibility index (Phi) is 3.96. The van der Waals surface area contributed by atoms with E-state index in [2.05, 4.69) is 19.9 Å². The first kappa shape index (κ1) is 15.1. The van der Waals surface area contributed by atoms with Gasteiger partial charge in [0.05, 0.1) is 0 Å². The number of carbonyl (C=O) groups is 1. The van der Waals surface area contributed by atoms with E-state index in [1.54, 1.807) is 0 Å². The van der Waals surface area contributed by atoms with Crippen LogP contribution in [0.5, 0.6) is 0 Å². The predicted octanol–water partition coefficient (Wildman–Crippen LogP) is 3.25. The summed E-state index contributed by atoms with van der Waals surface area (Å²) >= 11 is 0. The van der Waals surface area contributed by atoms with E-state index in [1.165, 1.54) is 11.1 Å².